The van der Waals surface area contributed by atoms with Crippen LogP contribution in [0.4, 0.5) is 11.4 Å². The van der Waals surface area contributed by atoms with Crippen LogP contribution in [0.25, 0.3) is 0 Å². The van der Waals surface area contributed by atoms with E-state index in [1.165, 1.54) is 6.07 Å². The molecule has 0 radical (unpaired) electrons. The Hall–Kier alpha value is -2.35. The average Bonchev–Trinajstić information content (AvgIpc) is 2.39. The topological polar surface area (TPSA) is 79.0 Å². The maximum atomic E-state index is 11.0. The van der Waals surface area contributed by atoms with Gasteiger partial charge in [-0.3, -0.25) is 10.1 Å². The lowest BCUT2D eigenvalue weighted by atomic mass is 10.0. The molecule has 1 unspecified atom stereocenters. The number of nitro benzene ring substituents is 1. The van der Waals surface area contributed by atoms with Crippen LogP contribution in [0, 0.1) is 21.4 Å². The summed E-state index contributed by atoms with van der Waals surface area (Å²) >= 11 is 0. The van der Waals surface area contributed by atoms with Crippen LogP contribution >= 0.6 is 0 Å². The standard InChI is InChI=1S/C13H13N3O2/c14-9-10-5-4-8-12(13(10)16(17)18)15-11-6-2-1-3-7-11/h1-2,4-5,8,11,15H,3,6-7H2. The molecule has 1 aliphatic rings. The molecule has 0 fully saturated rings. The number of nitrogens with one attached hydrogen (secondary N) is 1. The number of nitrogens with zero attached hydrogens (tertiary/aromatic N) is 2. The second-order valence-corrected chi connectivity index (χ2v) is 4.20. The number of anilines is 1. The lowest BCUT2D eigenvalue weighted by molar-refractivity contribution is -0.384. The summed E-state index contributed by atoms with van der Waals surface area (Å²) in [6.07, 6.45) is 6.96. The van der Waals surface area contributed by atoms with Crippen LogP contribution in [0.5, 0.6) is 0 Å². The molecule has 0 saturated heterocycles. The molecule has 0 aliphatic heterocycles. The molecule has 1 aliphatic carbocycles. The molecule has 0 amide bonds. The second kappa shape index (κ2) is 5.32. The number of nitriles is 1. The Morgan fingerprint density at radius 3 is 2.89 bits per heavy atom. The Balaban J connectivity index is 2.29. The summed E-state index contributed by atoms with van der Waals surface area (Å²) < 4.78 is 0. The maximum absolute atomic E-state index is 11.0. The Kier molecular flexibility index (Phi) is 3.58. The molecule has 2 rings (SSSR count). The van der Waals surface area contributed by atoms with E-state index in [1.54, 1.807) is 12.1 Å². The van der Waals surface area contributed by atoms with Gasteiger partial charge in [0.1, 0.15) is 17.3 Å². The van der Waals surface area contributed by atoms with Crippen molar-refractivity contribution in [1.82, 2.24) is 0 Å². The second-order valence-electron chi connectivity index (χ2n) is 4.20. The molecular formula is C13H13N3O2. The molecule has 92 valence electrons. The Bertz CT molecular complexity index is 532. The van der Waals surface area contributed by atoms with E-state index in [-0.39, 0.29) is 17.3 Å². The van der Waals surface area contributed by atoms with Crippen molar-refractivity contribution in [2.45, 2.75) is 25.3 Å². The van der Waals surface area contributed by atoms with Crippen LogP contribution in [-0.4, -0.2) is 11.0 Å². The van der Waals surface area contributed by atoms with Gasteiger partial charge in [-0.25, -0.2) is 0 Å². The minimum atomic E-state index is -0.500. The predicted octanol–water partition coefficient (Wildman–Crippen LogP) is 2.99. The lowest BCUT2D eigenvalue weighted by Gasteiger charge is -2.20. The summed E-state index contributed by atoms with van der Waals surface area (Å²) in [7, 11) is 0. The van der Waals surface area contributed by atoms with Crippen molar-refractivity contribution >= 4 is 11.4 Å². The van der Waals surface area contributed by atoms with Crippen molar-refractivity contribution in [3.63, 3.8) is 0 Å². The molecule has 18 heavy (non-hydrogen) atoms. The summed E-state index contributed by atoms with van der Waals surface area (Å²) in [4.78, 5) is 10.5. The zero-order valence-corrected chi connectivity index (χ0v) is 9.80. The minimum absolute atomic E-state index is 0.0938. The predicted molar refractivity (Wildman–Crippen MR) is 68.2 cm³/mol. The highest BCUT2D eigenvalue weighted by Crippen LogP contribution is 2.30. The van der Waals surface area contributed by atoms with Crippen LogP contribution in [0.2, 0.25) is 0 Å². The van der Waals surface area contributed by atoms with E-state index in [1.807, 2.05) is 6.07 Å². The van der Waals surface area contributed by atoms with Crippen LogP contribution in [0.1, 0.15) is 24.8 Å². The molecule has 5 heteroatoms. The van der Waals surface area contributed by atoms with Crippen LogP contribution in [-0.2, 0) is 0 Å². The van der Waals surface area contributed by atoms with Crippen molar-refractivity contribution in [1.29, 1.82) is 5.26 Å². The summed E-state index contributed by atoms with van der Waals surface area (Å²) in [5, 5.41) is 23.1. The van der Waals surface area contributed by atoms with E-state index in [2.05, 4.69) is 17.5 Å². The Morgan fingerprint density at radius 1 is 1.44 bits per heavy atom. The van der Waals surface area contributed by atoms with Crippen LogP contribution < -0.4 is 5.32 Å². The summed E-state index contributed by atoms with van der Waals surface area (Å²) in [6.45, 7) is 0. The normalized spacial score (nSPS) is 18.1. The molecule has 1 aromatic rings. The molecule has 1 atom stereocenters. The molecule has 0 saturated carbocycles. The van der Waals surface area contributed by atoms with Gasteiger partial charge in [0.2, 0.25) is 0 Å². The third-order valence-electron chi connectivity index (χ3n) is 2.97. The first-order valence-corrected chi connectivity index (χ1v) is 5.81. The highest BCUT2D eigenvalue weighted by atomic mass is 16.6. The van der Waals surface area contributed by atoms with Crippen molar-refractivity contribution in [3.05, 3.63) is 46.0 Å². The first-order chi connectivity index (χ1) is 8.72. The zero-order chi connectivity index (χ0) is 13.0. The molecule has 1 aromatic carbocycles. The van der Waals surface area contributed by atoms with Gasteiger partial charge in [-0.2, -0.15) is 5.26 Å². The molecule has 0 spiro atoms. The molecule has 5 nitrogen and oxygen atoms in total. The molecule has 0 aromatic heterocycles. The number of benzene rings is 1. The van der Waals surface area contributed by atoms with Gasteiger partial charge in [-0.15, -0.1) is 0 Å². The number of nitro groups is 1. The first-order valence-electron chi connectivity index (χ1n) is 5.81. The molecule has 0 bridgehead atoms. The quantitative estimate of drug-likeness (QED) is 0.502. The van der Waals surface area contributed by atoms with Gasteiger partial charge in [0.05, 0.1) is 4.92 Å². The number of hydrogen-bond acceptors (Lipinski definition) is 4. The summed E-state index contributed by atoms with van der Waals surface area (Å²) in [5.74, 6) is 0. The first kappa shape index (κ1) is 12.1. The van der Waals surface area contributed by atoms with E-state index in [9.17, 15) is 10.1 Å². The van der Waals surface area contributed by atoms with Gasteiger partial charge in [-0.05, 0) is 31.4 Å². The Labute approximate surface area is 105 Å². The third-order valence-corrected chi connectivity index (χ3v) is 2.97. The monoisotopic (exact) mass is 243 g/mol. The van der Waals surface area contributed by atoms with Gasteiger partial charge in [-0.1, -0.05) is 18.2 Å². The minimum Gasteiger partial charge on any atom is -0.376 e. The number of hydrogen-bond donors (Lipinski definition) is 1. The van der Waals surface area contributed by atoms with Gasteiger partial charge in [0.25, 0.3) is 0 Å². The Morgan fingerprint density at radius 2 is 2.28 bits per heavy atom. The lowest BCUT2D eigenvalue weighted by Crippen LogP contribution is -2.21. The SMILES string of the molecule is N#Cc1cccc(NC2CC=CCC2)c1[N+](=O)[O-]. The van der Waals surface area contributed by atoms with Gasteiger partial charge in [0, 0.05) is 6.04 Å². The van der Waals surface area contributed by atoms with Gasteiger partial charge < -0.3 is 5.32 Å². The van der Waals surface area contributed by atoms with Gasteiger partial charge >= 0.3 is 5.69 Å². The van der Waals surface area contributed by atoms with E-state index in [4.69, 9.17) is 5.26 Å². The highest BCUT2D eigenvalue weighted by molar-refractivity contribution is 5.68. The van der Waals surface area contributed by atoms with Crippen LogP contribution in [0.3, 0.4) is 0 Å². The van der Waals surface area contributed by atoms with E-state index in [0.717, 1.165) is 19.3 Å². The highest BCUT2D eigenvalue weighted by Gasteiger charge is 2.21. The third kappa shape index (κ3) is 2.48. The number of allylic oxidation sites excluding steroid dienone is 1. The van der Waals surface area contributed by atoms with Crippen molar-refractivity contribution in [2.75, 3.05) is 5.32 Å². The smallest absolute Gasteiger partial charge is 0.309 e. The summed E-state index contributed by atoms with van der Waals surface area (Å²) in [6, 6.07) is 6.83. The fraction of sp³-hybridized carbons (Fsp3) is 0.308. The van der Waals surface area contributed by atoms with Crippen molar-refractivity contribution in [2.24, 2.45) is 0 Å². The van der Waals surface area contributed by atoms with E-state index < -0.39 is 4.92 Å². The fourth-order valence-corrected chi connectivity index (χ4v) is 2.09. The molecule has 0 heterocycles. The largest absolute Gasteiger partial charge is 0.376 e. The van der Waals surface area contributed by atoms with E-state index >= 15 is 0 Å². The van der Waals surface area contributed by atoms with Crippen LogP contribution in [0.15, 0.2) is 30.4 Å². The number of rotatable bonds is 3. The summed E-state index contributed by atoms with van der Waals surface area (Å²) in [5.41, 5.74) is 0.394. The molecule has 1 N–H and O–H groups in total. The van der Waals surface area contributed by atoms with Crippen molar-refractivity contribution in [3.8, 4) is 6.07 Å². The number of para-hydroxylation sites is 1. The average molecular weight is 243 g/mol. The molecular weight excluding hydrogens is 230 g/mol. The zero-order valence-electron chi connectivity index (χ0n) is 9.80. The van der Waals surface area contributed by atoms with E-state index in [0.29, 0.717) is 5.69 Å². The maximum Gasteiger partial charge on any atom is 0.309 e. The van der Waals surface area contributed by atoms with Crippen molar-refractivity contribution < 1.29 is 4.92 Å². The fourth-order valence-electron chi connectivity index (χ4n) is 2.09. The van der Waals surface area contributed by atoms with Gasteiger partial charge in [0.15, 0.2) is 0 Å².